The maximum absolute atomic E-state index is 4.79. The first-order valence-corrected chi connectivity index (χ1v) is 8.08. The van der Waals surface area contributed by atoms with E-state index in [1.54, 1.807) is 0 Å². The van der Waals surface area contributed by atoms with Gasteiger partial charge in [0.15, 0.2) is 0 Å². The van der Waals surface area contributed by atoms with Crippen molar-refractivity contribution in [1.29, 1.82) is 0 Å². The van der Waals surface area contributed by atoms with Gasteiger partial charge in [-0.2, -0.15) is 0 Å². The summed E-state index contributed by atoms with van der Waals surface area (Å²) in [6, 6.07) is 16.4. The Hall–Kier alpha value is -2.81. The van der Waals surface area contributed by atoms with Crippen molar-refractivity contribution in [2.24, 2.45) is 4.99 Å². The van der Waals surface area contributed by atoms with Crippen LogP contribution in [-0.2, 0) is 0 Å². The van der Waals surface area contributed by atoms with Crippen LogP contribution in [0.2, 0.25) is 0 Å². The summed E-state index contributed by atoms with van der Waals surface area (Å²) < 4.78 is 0. The van der Waals surface area contributed by atoms with E-state index >= 15 is 0 Å². The summed E-state index contributed by atoms with van der Waals surface area (Å²) >= 11 is 0. The quantitative estimate of drug-likeness (QED) is 0.457. The highest BCUT2D eigenvalue weighted by Gasteiger charge is 2.09. The monoisotopic (exact) mass is 319 g/mol. The van der Waals surface area contributed by atoms with E-state index < -0.39 is 0 Å². The van der Waals surface area contributed by atoms with E-state index in [-0.39, 0.29) is 0 Å². The lowest BCUT2D eigenvalue weighted by Crippen LogP contribution is -2.36. The number of hydrogen-bond acceptors (Lipinski definition) is 1. The third-order valence-electron chi connectivity index (χ3n) is 3.58. The second kappa shape index (κ2) is 8.73. The Balaban J connectivity index is 2.34. The molecule has 0 bridgehead atoms. The number of hydrogen-bond donors (Lipinski definition) is 1. The van der Waals surface area contributed by atoms with Gasteiger partial charge in [-0.15, -0.1) is 13.2 Å². The second-order valence-corrected chi connectivity index (χ2v) is 5.74. The van der Waals surface area contributed by atoms with Gasteiger partial charge in [0.1, 0.15) is 0 Å². The molecule has 124 valence electrons. The Kier molecular flexibility index (Phi) is 6.38. The van der Waals surface area contributed by atoms with E-state index in [9.17, 15) is 0 Å². The normalized spacial score (nSPS) is 11.0. The molecule has 1 N–H and O–H groups in total. The van der Waals surface area contributed by atoms with Crippen LogP contribution in [0.4, 0.5) is 11.4 Å². The molecule has 0 aliphatic heterocycles. The maximum Gasteiger partial charge on any atom is 0.204 e. The van der Waals surface area contributed by atoms with E-state index in [2.05, 4.69) is 73.6 Å². The van der Waals surface area contributed by atoms with Crippen LogP contribution in [0.3, 0.4) is 0 Å². The zero-order valence-electron chi connectivity index (χ0n) is 14.5. The van der Waals surface area contributed by atoms with E-state index in [4.69, 9.17) is 4.99 Å². The molecule has 0 amide bonds. The summed E-state index contributed by atoms with van der Waals surface area (Å²) in [5.74, 6) is 0.780. The highest BCUT2D eigenvalue weighted by atomic mass is 15.3. The standard InChI is InChI=1S/C21H25N3/c1-5-15-24(16-6-2)21(22-19-11-7-17(3)8-12-19)23-20-13-9-18(4)10-14-20/h5-14H,1-2,15-16H2,3-4H3,(H,22,23). The molecule has 0 atom stereocenters. The molecule has 24 heavy (non-hydrogen) atoms. The fraction of sp³-hybridized carbons (Fsp3) is 0.190. The molecule has 0 saturated heterocycles. The zero-order chi connectivity index (χ0) is 17.4. The molecule has 0 radical (unpaired) electrons. The molecule has 0 aliphatic carbocycles. The topological polar surface area (TPSA) is 27.6 Å². The molecule has 0 aromatic heterocycles. The van der Waals surface area contributed by atoms with Crippen molar-refractivity contribution in [2.75, 3.05) is 18.4 Å². The first kappa shape index (κ1) is 17.5. The van der Waals surface area contributed by atoms with Crippen LogP contribution in [0, 0.1) is 13.8 Å². The third-order valence-corrected chi connectivity index (χ3v) is 3.58. The summed E-state index contributed by atoms with van der Waals surface area (Å²) in [7, 11) is 0. The minimum absolute atomic E-state index is 0.690. The molecule has 2 aromatic carbocycles. The molecule has 2 aromatic rings. The Labute approximate surface area is 145 Å². The largest absolute Gasteiger partial charge is 0.335 e. The zero-order valence-corrected chi connectivity index (χ0v) is 14.5. The molecule has 2 rings (SSSR count). The maximum atomic E-state index is 4.79. The van der Waals surface area contributed by atoms with Crippen molar-refractivity contribution in [3.63, 3.8) is 0 Å². The smallest absolute Gasteiger partial charge is 0.204 e. The number of aryl methyl sites for hydroxylation is 2. The number of guanidine groups is 1. The Morgan fingerprint density at radius 3 is 1.92 bits per heavy atom. The van der Waals surface area contributed by atoms with Crippen molar-refractivity contribution in [1.82, 2.24) is 4.90 Å². The van der Waals surface area contributed by atoms with Crippen LogP contribution < -0.4 is 5.32 Å². The van der Waals surface area contributed by atoms with Crippen molar-refractivity contribution < 1.29 is 0 Å². The predicted octanol–water partition coefficient (Wildman–Crippen LogP) is 5.08. The van der Waals surface area contributed by atoms with Crippen LogP contribution in [-0.4, -0.2) is 23.9 Å². The fourth-order valence-electron chi connectivity index (χ4n) is 2.24. The van der Waals surface area contributed by atoms with Gasteiger partial charge >= 0.3 is 0 Å². The molecule has 0 aliphatic rings. The van der Waals surface area contributed by atoms with Crippen LogP contribution in [0.5, 0.6) is 0 Å². The highest BCUT2D eigenvalue weighted by Crippen LogP contribution is 2.16. The van der Waals surface area contributed by atoms with E-state index in [1.165, 1.54) is 11.1 Å². The fourth-order valence-corrected chi connectivity index (χ4v) is 2.24. The summed E-state index contributed by atoms with van der Waals surface area (Å²) in [6.07, 6.45) is 3.73. The van der Waals surface area contributed by atoms with Gasteiger partial charge in [0, 0.05) is 18.8 Å². The first-order chi connectivity index (χ1) is 11.6. The third kappa shape index (κ3) is 5.13. The van der Waals surface area contributed by atoms with Gasteiger partial charge in [0.25, 0.3) is 0 Å². The lowest BCUT2D eigenvalue weighted by molar-refractivity contribution is 0.512. The van der Waals surface area contributed by atoms with Crippen molar-refractivity contribution in [2.45, 2.75) is 13.8 Å². The van der Waals surface area contributed by atoms with E-state index in [0.717, 1.165) is 17.3 Å². The lowest BCUT2D eigenvalue weighted by atomic mass is 10.2. The van der Waals surface area contributed by atoms with Gasteiger partial charge in [0.05, 0.1) is 5.69 Å². The first-order valence-electron chi connectivity index (χ1n) is 8.08. The minimum atomic E-state index is 0.690. The van der Waals surface area contributed by atoms with Gasteiger partial charge < -0.3 is 10.2 Å². The van der Waals surface area contributed by atoms with Gasteiger partial charge in [-0.05, 0) is 38.1 Å². The summed E-state index contributed by atoms with van der Waals surface area (Å²) in [4.78, 5) is 6.89. The highest BCUT2D eigenvalue weighted by molar-refractivity contribution is 5.95. The van der Waals surface area contributed by atoms with Crippen LogP contribution >= 0.6 is 0 Å². The molecule has 0 saturated carbocycles. The van der Waals surface area contributed by atoms with Gasteiger partial charge in [-0.25, -0.2) is 4.99 Å². The molecular formula is C21H25N3. The lowest BCUT2D eigenvalue weighted by Gasteiger charge is -2.24. The average molecular weight is 319 g/mol. The number of nitrogens with one attached hydrogen (secondary N) is 1. The van der Waals surface area contributed by atoms with Gasteiger partial charge in [-0.1, -0.05) is 47.5 Å². The van der Waals surface area contributed by atoms with Crippen molar-refractivity contribution in [3.8, 4) is 0 Å². The molecule has 3 nitrogen and oxygen atoms in total. The molecule has 0 spiro atoms. The number of aliphatic imine (C=N–C) groups is 1. The number of nitrogens with zero attached hydrogens (tertiary/aromatic N) is 2. The van der Waals surface area contributed by atoms with Crippen molar-refractivity contribution in [3.05, 3.63) is 85.0 Å². The summed E-state index contributed by atoms with van der Waals surface area (Å²) in [6.45, 7) is 13.2. The van der Waals surface area contributed by atoms with Gasteiger partial charge in [-0.3, -0.25) is 0 Å². The average Bonchev–Trinajstić information content (AvgIpc) is 2.58. The molecule has 0 fully saturated rings. The van der Waals surface area contributed by atoms with Crippen molar-refractivity contribution >= 4 is 17.3 Å². The second-order valence-electron chi connectivity index (χ2n) is 5.74. The summed E-state index contributed by atoms with van der Waals surface area (Å²) in [5, 5.41) is 3.42. The van der Waals surface area contributed by atoms with Crippen LogP contribution in [0.1, 0.15) is 11.1 Å². The Morgan fingerprint density at radius 2 is 1.42 bits per heavy atom. The minimum Gasteiger partial charge on any atom is -0.335 e. The van der Waals surface area contributed by atoms with Gasteiger partial charge in [0.2, 0.25) is 5.96 Å². The number of benzene rings is 2. The molecule has 0 heterocycles. The number of anilines is 1. The molecular weight excluding hydrogens is 294 g/mol. The van der Waals surface area contributed by atoms with Crippen LogP contribution in [0.25, 0.3) is 0 Å². The van der Waals surface area contributed by atoms with E-state index in [0.29, 0.717) is 13.1 Å². The molecule has 0 unspecified atom stereocenters. The summed E-state index contributed by atoms with van der Waals surface area (Å²) in [5.41, 5.74) is 4.36. The van der Waals surface area contributed by atoms with Crippen LogP contribution in [0.15, 0.2) is 78.8 Å². The Bertz CT molecular complexity index is 687. The molecule has 3 heteroatoms. The van der Waals surface area contributed by atoms with E-state index in [1.807, 2.05) is 24.3 Å². The predicted molar refractivity (Wildman–Crippen MR) is 105 cm³/mol. The SMILES string of the molecule is C=CCN(CC=C)C(=Nc1ccc(C)cc1)Nc1ccc(C)cc1. The Morgan fingerprint density at radius 1 is 0.917 bits per heavy atom. The number of rotatable bonds is 6.